The second kappa shape index (κ2) is 7.74. The topological polar surface area (TPSA) is 63.9 Å². The molecular weight excluding hydrogens is 367 g/mol. The highest BCUT2D eigenvalue weighted by molar-refractivity contribution is 6.62. The minimum absolute atomic E-state index is 0.306. The van der Waals surface area contributed by atoms with Crippen LogP contribution in [-0.2, 0) is 22.3 Å². The van der Waals surface area contributed by atoms with Gasteiger partial charge in [0.1, 0.15) is 0 Å². The summed E-state index contributed by atoms with van der Waals surface area (Å²) in [6.45, 7) is 15.0. The third-order valence-electron chi connectivity index (χ3n) is 6.31. The normalized spacial score (nSPS) is 21.7. The summed E-state index contributed by atoms with van der Waals surface area (Å²) < 4.78 is 18.0. The summed E-state index contributed by atoms with van der Waals surface area (Å²) in [5.41, 5.74) is 1.74. The van der Waals surface area contributed by atoms with Gasteiger partial charge in [0.2, 0.25) is 5.89 Å². The molecule has 8 heteroatoms. The first-order valence-electron chi connectivity index (χ1n) is 10.5. The van der Waals surface area contributed by atoms with Crippen LogP contribution >= 0.6 is 0 Å². The monoisotopic (exact) mass is 398 g/mol. The number of nitrogens with zero attached hydrogens (tertiary/aromatic N) is 4. The number of aromatic nitrogens is 2. The molecule has 2 aliphatic rings. The van der Waals surface area contributed by atoms with Crippen molar-refractivity contribution in [3.8, 4) is 0 Å². The molecule has 156 valence electrons. The van der Waals surface area contributed by atoms with Gasteiger partial charge in [0.05, 0.1) is 11.2 Å². The Morgan fingerprint density at radius 3 is 2.10 bits per heavy atom. The van der Waals surface area contributed by atoms with E-state index in [1.807, 2.05) is 6.92 Å². The van der Waals surface area contributed by atoms with Gasteiger partial charge in [0.25, 0.3) is 0 Å². The second-order valence-electron chi connectivity index (χ2n) is 8.92. The SMILES string of the molecule is CCc1nnc(N2CCN(Cc3ccc(B4OC(C)(C)C(C)(C)O4)cc3)CC2)o1. The lowest BCUT2D eigenvalue weighted by molar-refractivity contribution is 0.00578. The van der Waals surface area contributed by atoms with Crippen LogP contribution in [0.25, 0.3) is 0 Å². The van der Waals surface area contributed by atoms with E-state index in [2.05, 4.69) is 72.0 Å². The lowest BCUT2D eigenvalue weighted by Gasteiger charge is -2.33. The van der Waals surface area contributed by atoms with Crippen molar-refractivity contribution in [3.05, 3.63) is 35.7 Å². The number of aryl methyl sites for hydroxylation is 1. The molecule has 2 saturated heterocycles. The first-order chi connectivity index (χ1) is 13.8. The Morgan fingerprint density at radius 1 is 0.931 bits per heavy atom. The molecule has 0 radical (unpaired) electrons. The summed E-state index contributed by atoms with van der Waals surface area (Å²) in [4.78, 5) is 4.63. The Hall–Kier alpha value is -1.90. The van der Waals surface area contributed by atoms with Crippen molar-refractivity contribution in [2.75, 3.05) is 31.1 Å². The first kappa shape index (κ1) is 20.4. The van der Waals surface area contributed by atoms with Gasteiger partial charge in [-0.15, -0.1) is 5.10 Å². The molecular formula is C21H31BN4O3. The molecule has 1 aromatic carbocycles. The zero-order valence-corrected chi connectivity index (χ0v) is 18.1. The molecule has 4 rings (SSSR count). The van der Waals surface area contributed by atoms with E-state index in [0.717, 1.165) is 44.6 Å². The van der Waals surface area contributed by atoms with Crippen LogP contribution < -0.4 is 10.4 Å². The van der Waals surface area contributed by atoms with Gasteiger partial charge in [-0.25, -0.2) is 0 Å². The summed E-state index contributed by atoms with van der Waals surface area (Å²) in [6.07, 6.45) is 0.773. The highest BCUT2D eigenvalue weighted by Crippen LogP contribution is 2.36. The van der Waals surface area contributed by atoms with E-state index < -0.39 is 0 Å². The highest BCUT2D eigenvalue weighted by atomic mass is 16.7. The molecule has 2 fully saturated rings. The van der Waals surface area contributed by atoms with Crippen molar-refractivity contribution in [1.82, 2.24) is 15.1 Å². The van der Waals surface area contributed by atoms with E-state index >= 15 is 0 Å². The number of hydrogen-bond acceptors (Lipinski definition) is 7. The number of piperazine rings is 1. The Morgan fingerprint density at radius 2 is 1.55 bits per heavy atom. The smallest absolute Gasteiger partial charge is 0.408 e. The summed E-state index contributed by atoms with van der Waals surface area (Å²) in [7, 11) is -0.306. The third kappa shape index (κ3) is 4.20. The van der Waals surface area contributed by atoms with Crippen molar-refractivity contribution < 1.29 is 13.7 Å². The molecule has 29 heavy (non-hydrogen) atoms. The van der Waals surface area contributed by atoms with E-state index in [4.69, 9.17) is 13.7 Å². The average Bonchev–Trinajstić information content (AvgIpc) is 3.25. The van der Waals surface area contributed by atoms with Gasteiger partial charge < -0.3 is 18.6 Å². The molecule has 0 aliphatic carbocycles. The van der Waals surface area contributed by atoms with Gasteiger partial charge in [-0.1, -0.05) is 36.3 Å². The van der Waals surface area contributed by atoms with Crippen molar-refractivity contribution in [1.29, 1.82) is 0 Å². The van der Waals surface area contributed by atoms with Crippen molar-refractivity contribution >= 4 is 18.6 Å². The van der Waals surface area contributed by atoms with Crippen LogP contribution in [0.5, 0.6) is 0 Å². The third-order valence-corrected chi connectivity index (χ3v) is 6.31. The number of anilines is 1. The Balaban J connectivity index is 1.31. The Bertz CT molecular complexity index is 813. The quantitative estimate of drug-likeness (QED) is 0.716. The lowest BCUT2D eigenvalue weighted by Crippen LogP contribution is -2.46. The van der Waals surface area contributed by atoms with Crippen LogP contribution in [0.3, 0.4) is 0 Å². The summed E-state index contributed by atoms with van der Waals surface area (Å²) in [5, 5.41) is 8.22. The average molecular weight is 398 g/mol. The molecule has 0 saturated carbocycles. The van der Waals surface area contributed by atoms with Gasteiger partial charge in [-0.05, 0) is 38.7 Å². The fraction of sp³-hybridized carbons (Fsp3) is 0.619. The predicted molar refractivity (Wildman–Crippen MR) is 113 cm³/mol. The Kier molecular flexibility index (Phi) is 5.44. The van der Waals surface area contributed by atoms with Crippen molar-refractivity contribution in [3.63, 3.8) is 0 Å². The van der Waals surface area contributed by atoms with E-state index in [-0.39, 0.29) is 18.3 Å². The van der Waals surface area contributed by atoms with Crippen LogP contribution in [0.4, 0.5) is 6.01 Å². The molecule has 0 unspecified atom stereocenters. The maximum Gasteiger partial charge on any atom is 0.494 e. The van der Waals surface area contributed by atoms with E-state index in [1.165, 1.54) is 5.56 Å². The highest BCUT2D eigenvalue weighted by Gasteiger charge is 2.51. The lowest BCUT2D eigenvalue weighted by atomic mass is 9.79. The standard InChI is InChI=1S/C21H31BN4O3/c1-6-18-23-24-19(27-18)26-13-11-25(12-14-26)15-16-7-9-17(10-8-16)22-28-20(2,3)21(4,5)29-22/h7-10H,6,11-15H2,1-5H3. The Labute approximate surface area is 173 Å². The van der Waals surface area contributed by atoms with Gasteiger partial charge >= 0.3 is 13.1 Å². The largest absolute Gasteiger partial charge is 0.494 e. The van der Waals surface area contributed by atoms with Crippen LogP contribution in [0.2, 0.25) is 0 Å². The molecule has 0 bridgehead atoms. The van der Waals surface area contributed by atoms with Gasteiger partial charge in [-0.2, -0.15) is 0 Å². The van der Waals surface area contributed by atoms with E-state index in [0.29, 0.717) is 11.9 Å². The number of hydrogen-bond donors (Lipinski definition) is 0. The molecule has 2 aliphatic heterocycles. The fourth-order valence-electron chi connectivity index (χ4n) is 3.63. The summed E-state index contributed by atoms with van der Waals surface area (Å²) in [5.74, 6) is 0.699. The molecule has 1 aromatic heterocycles. The molecule has 0 N–H and O–H groups in total. The zero-order valence-electron chi connectivity index (χ0n) is 18.1. The maximum absolute atomic E-state index is 6.15. The minimum Gasteiger partial charge on any atom is -0.408 e. The van der Waals surface area contributed by atoms with Crippen molar-refractivity contribution in [2.45, 2.75) is 58.8 Å². The zero-order chi connectivity index (χ0) is 20.6. The van der Waals surface area contributed by atoms with E-state index in [9.17, 15) is 0 Å². The molecule has 7 nitrogen and oxygen atoms in total. The second-order valence-corrected chi connectivity index (χ2v) is 8.92. The number of rotatable bonds is 5. The van der Waals surface area contributed by atoms with Crippen LogP contribution in [0.15, 0.2) is 28.7 Å². The fourth-order valence-corrected chi connectivity index (χ4v) is 3.63. The van der Waals surface area contributed by atoms with Gasteiger partial charge in [0.15, 0.2) is 0 Å². The molecule has 3 heterocycles. The number of benzene rings is 1. The summed E-state index contributed by atoms with van der Waals surface area (Å²) >= 11 is 0. The molecule has 0 spiro atoms. The predicted octanol–water partition coefficient (Wildman–Crippen LogP) is 2.25. The summed E-state index contributed by atoms with van der Waals surface area (Å²) in [6, 6.07) is 9.25. The molecule has 0 amide bonds. The van der Waals surface area contributed by atoms with E-state index in [1.54, 1.807) is 0 Å². The molecule has 0 atom stereocenters. The van der Waals surface area contributed by atoms with Crippen molar-refractivity contribution in [2.24, 2.45) is 0 Å². The van der Waals surface area contributed by atoms with Gasteiger partial charge in [-0.3, -0.25) is 4.90 Å². The molecule has 2 aromatic rings. The van der Waals surface area contributed by atoms with Crippen LogP contribution in [0, 0.1) is 0 Å². The van der Waals surface area contributed by atoms with Crippen LogP contribution in [0.1, 0.15) is 46.1 Å². The van der Waals surface area contributed by atoms with Crippen LogP contribution in [-0.4, -0.2) is 59.6 Å². The minimum atomic E-state index is -0.313. The first-order valence-corrected chi connectivity index (χ1v) is 10.5. The van der Waals surface area contributed by atoms with Gasteiger partial charge in [0, 0.05) is 39.1 Å². The maximum atomic E-state index is 6.15.